The van der Waals surface area contributed by atoms with Crippen LogP contribution < -0.4 is 4.90 Å². The number of aliphatic hydroxyl groups is 1. The van der Waals surface area contributed by atoms with Crippen LogP contribution in [0.3, 0.4) is 0 Å². The number of benzene rings is 2. The first-order valence-electron chi connectivity index (χ1n) is 9.66. The molecule has 4 aromatic rings. The van der Waals surface area contributed by atoms with Crippen LogP contribution in [0, 0.1) is 6.92 Å². The molecule has 1 amide bonds. The predicted molar refractivity (Wildman–Crippen MR) is 120 cm³/mol. The number of halogens is 2. The molecule has 32 heavy (non-hydrogen) atoms. The second-order valence-corrected chi connectivity index (χ2v) is 8.26. The molecule has 2 aromatic heterocycles. The van der Waals surface area contributed by atoms with Gasteiger partial charge in [-0.2, -0.15) is 0 Å². The standard InChI is InChI=1S/C24H15Cl2NO5/c1-12-2-8-18(31-12)21-20(22(28)19-11-13-10-15(26)5-9-17(13)32-19)23(29)24(30)27(21)16-6-3-14(25)4-7-16/h2-11,21,29H,1H3. The summed E-state index contributed by atoms with van der Waals surface area (Å²) in [7, 11) is 0. The Morgan fingerprint density at radius 1 is 0.969 bits per heavy atom. The maximum Gasteiger partial charge on any atom is 0.294 e. The average Bonchev–Trinajstić information content (AvgIpc) is 3.45. The summed E-state index contributed by atoms with van der Waals surface area (Å²) in [6.07, 6.45) is 0. The second-order valence-electron chi connectivity index (χ2n) is 7.39. The summed E-state index contributed by atoms with van der Waals surface area (Å²) < 4.78 is 11.5. The fraction of sp³-hybridized carbons (Fsp3) is 0.0833. The molecule has 0 aliphatic carbocycles. The van der Waals surface area contributed by atoms with E-state index in [1.807, 2.05) is 0 Å². The maximum absolute atomic E-state index is 13.5. The monoisotopic (exact) mass is 467 g/mol. The van der Waals surface area contributed by atoms with Gasteiger partial charge in [0, 0.05) is 21.1 Å². The number of amides is 1. The Morgan fingerprint density at radius 2 is 1.69 bits per heavy atom. The Balaban J connectivity index is 1.65. The molecular formula is C24H15Cl2NO5. The summed E-state index contributed by atoms with van der Waals surface area (Å²) in [5.74, 6) is -1.12. The summed E-state index contributed by atoms with van der Waals surface area (Å²) in [6.45, 7) is 1.75. The third kappa shape index (κ3) is 3.28. The van der Waals surface area contributed by atoms with Gasteiger partial charge in [-0.25, -0.2) is 0 Å². The molecule has 0 radical (unpaired) electrons. The highest BCUT2D eigenvalue weighted by atomic mass is 35.5. The summed E-state index contributed by atoms with van der Waals surface area (Å²) in [6, 6.07) is 15.4. The molecule has 1 aliphatic rings. The fourth-order valence-corrected chi connectivity index (χ4v) is 4.14. The van der Waals surface area contributed by atoms with Crippen LogP contribution in [-0.4, -0.2) is 16.8 Å². The van der Waals surface area contributed by atoms with E-state index in [9.17, 15) is 14.7 Å². The molecule has 8 heteroatoms. The third-order valence-electron chi connectivity index (χ3n) is 5.29. The van der Waals surface area contributed by atoms with Gasteiger partial charge in [0.05, 0.1) is 5.57 Å². The first-order valence-corrected chi connectivity index (χ1v) is 10.4. The molecule has 0 fully saturated rings. The van der Waals surface area contributed by atoms with Crippen molar-refractivity contribution in [1.29, 1.82) is 0 Å². The van der Waals surface area contributed by atoms with Crippen molar-refractivity contribution < 1.29 is 23.5 Å². The number of hydrogen-bond acceptors (Lipinski definition) is 5. The smallest absolute Gasteiger partial charge is 0.294 e. The van der Waals surface area contributed by atoms with Crippen molar-refractivity contribution in [1.82, 2.24) is 0 Å². The number of anilines is 1. The van der Waals surface area contributed by atoms with Gasteiger partial charge in [-0.3, -0.25) is 14.5 Å². The largest absolute Gasteiger partial charge is 0.503 e. The first-order chi connectivity index (χ1) is 15.3. The number of hydrogen-bond donors (Lipinski definition) is 1. The van der Waals surface area contributed by atoms with Crippen LogP contribution in [0.5, 0.6) is 0 Å². The molecule has 1 unspecified atom stereocenters. The SMILES string of the molecule is Cc1ccc(C2C(C(=O)c3cc4cc(Cl)ccc4o3)=C(O)C(=O)N2c2ccc(Cl)cc2)o1. The molecular weight excluding hydrogens is 453 g/mol. The lowest BCUT2D eigenvalue weighted by Crippen LogP contribution is -2.30. The third-order valence-corrected chi connectivity index (χ3v) is 5.78. The van der Waals surface area contributed by atoms with E-state index >= 15 is 0 Å². The number of carbonyl (C=O) groups is 2. The van der Waals surface area contributed by atoms with Crippen LogP contribution in [0.1, 0.15) is 28.1 Å². The highest BCUT2D eigenvalue weighted by Crippen LogP contribution is 2.43. The van der Waals surface area contributed by atoms with Crippen LogP contribution in [0.15, 0.2) is 80.8 Å². The number of aliphatic hydroxyl groups excluding tert-OH is 1. The van der Waals surface area contributed by atoms with Gasteiger partial charge in [0.2, 0.25) is 5.78 Å². The van der Waals surface area contributed by atoms with Crippen molar-refractivity contribution in [3.63, 3.8) is 0 Å². The van der Waals surface area contributed by atoms with Gasteiger partial charge in [-0.05, 0) is 67.6 Å². The molecule has 0 spiro atoms. The van der Waals surface area contributed by atoms with Crippen LogP contribution in [-0.2, 0) is 4.79 Å². The van der Waals surface area contributed by atoms with Gasteiger partial charge in [0.1, 0.15) is 23.1 Å². The Labute approximate surface area is 192 Å². The van der Waals surface area contributed by atoms with E-state index in [-0.39, 0.29) is 11.3 Å². The number of aryl methyl sites for hydroxylation is 1. The molecule has 0 saturated carbocycles. The van der Waals surface area contributed by atoms with Crippen LogP contribution in [0.4, 0.5) is 5.69 Å². The zero-order chi connectivity index (χ0) is 22.6. The molecule has 3 heterocycles. The van der Waals surface area contributed by atoms with E-state index in [0.29, 0.717) is 38.2 Å². The normalized spacial score (nSPS) is 16.4. The number of rotatable bonds is 4. The molecule has 160 valence electrons. The summed E-state index contributed by atoms with van der Waals surface area (Å²) in [5, 5.41) is 12.4. The van der Waals surface area contributed by atoms with E-state index in [0.717, 1.165) is 0 Å². The number of fused-ring (bicyclic) bond motifs is 1. The van der Waals surface area contributed by atoms with E-state index in [2.05, 4.69) is 0 Å². The zero-order valence-corrected chi connectivity index (χ0v) is 18.1. The number of Topliss-reactive ketones (excluding diaryl/α,β-unsaturated/α-hetero) is 1. The number of nitrogens with zero attached hydrogens (tertiary/aromatic N) is 1. The number of furan rings is 2. The van der Waals surface area contributed by atoms with E-state index in [1.165, 1.54) is 11.0 Å². The predicted octanol–water partition coefficient (Wildman–Crippen LogP) is 6.42. The minimum absolute atomic E-state index is 0.0251. The minimum Gasteiger partial charge on any atom is -0.503 e. The molecule has 5 rings (SSSR count). The zero-order valence-electron chi connectivity index (χ0n) is 16.6. The summed E-state index contributed by atoms with van der Waals surface area (Å²) >= 11 is 12.0. The molecule has 1 atom stereocenters. The van der Waals surface area contributed by atoms with Crippen molar-refractivity contribution in [3.05, 3.63) is 99.3 Å². The van der Waals surface area contributed by atoms with Gasteiger partial charge < -0.3 is 13.9 Å². The van der Waals surface area contributed by atoms with Crippen LogP contribution in [0.25, 0.3) is 11.0 Å². The highest BCUT2D eigenvalue weighted by Gasteiger charge is 2.46. The second kappa shape index (κ2) is 7.58. The quantitative estimate of drug-likeness (QED) is 0.349. The Bertz CT molecular complexity index is 1410. The fourth-order valence-electron chi connectivity index (χ4n) is 3.83. The minimum atomic E-state index is -0.985. The summed E-state index contributed by atoms with van der Waals surface area (Å²) in [4.78, 5) is 27.9. The highest BCUT2D eigenvalue weighted by molar-refractivity contribution is 6.31. The van der Waals surface area contributed by atoms with Gasteiger partial charge >= 0.3 is 0 Å². The topological polar surface area (TPSA) is 83.9 Å². The van der Waals surface area contributed by atoms with Crippen molar-refractivity contribution in [2.75, 3.05) is 4.90 Å². The molecule has 1 N–H and O–H groups in total. The van der Waals surface area contributed by atoms with E-state index in [4.69, 9.17) is 32.0 Å². The van der Waals surface area contributed by atoms with Crippen molar-refractivity contribution in [3.8, 4) is 0 Å². The van der Waals surface area contributed by atoms with E-state index in [1.54, 1.807) is 61.5 Å². The first kappa shape index (κ1) is 20.4. The van der Waals surface area contributed by atoms with Gasteiger partial charge in [0.15, 0.2) is 11.5 Å². The Kier molecular flexibility index (Phi) is 4.84. The Morgan fingerprint density at radius 3 is 2.38 bits per heavy atom. The molecule has 1 aliphatic heterocycles. The van der Waals surface area contributed by atoms with Gasteiger partial charge in [0.25, 0.3) is 5.91 Å². The van der Waals surface area contributed by atoms with Gasteiger partial charge in [-0.15, -0.1) is 0 Å². The van der Waals surface area contributed by atoms with Crippen molar-refractivity contribution in [2.24, 2.45) is 0 Å². The molecule has 6 nitrogen and oxygen atoms in total. The van der Waals surface area contributed by atoms with Crippen LogP contribution in [0.2, 0.25) is 10.0 Å². The number of ketones is 1. The maximum atomic E-state index is 13.5. The molecule has 0 bridgehead atoms. The summed E-state index contributed by atoms with van der Waals surface area (Å²) in [5.41, 5.74) is 0.774. The van der Waals surface area contributed by atoms with Crippen molar-refractivity contribution >= 4 is 51.5 Å². The van der Waals surface area contributed by atoms with E-state index < -0.39 is 23.5 Å². The molecule has 0 saturated heterocycles. The van der Waals surface area contributed by atoms with Crippen LogP contribution >= 0.6 is 23.2 Å². The Hall–Kier alpha value is -3.48. The lowest BCUT2D eigenvalue weighted by atomic mass is 9.99. The lowest BCUT2D eigenvalue weighted by molar-refractivity contribution is -0.117. The average molecular weight is 468 g/mol. The number of carbonyl (C=O) groups excluding carboxylic acids is 2. The van der Waals surface area contributed by atoms with Gasteiger partial charge in [-0.1, -0.05) is 23.2 Å². The van der Waals surface area contributed by atoms with Crippen molar-refractivity contribution in [2.45, 2.75) is 13.0 Å². The lowest BCUT2D eigenvalue weighted by Gasteiger charge is -2.24. The molecule has 2 aromatic carbocycles.